The Morgan fingerprint density at radius 3 is 1.29 bits per heavy atom. The maximum absolute atomic E-state index is 12.4. The third-order valence-corrected chi connectivity index (χ3v) is 6.29. The van der Waals surface area contributed by atoms with Crippen molar-refractivity contribution in [1.82, 2.24) is 48.8 Å². The Morgan fingerprint density at radius 1 is 0.605 bits per heavy atom. The van der Waals surface area contributed by atoms with Crippen LogP contribution in [0.4, 0.5) is 0 Å². The first-order chi connectivity index (χ1) is 18.4. The molecule has 16 nitrogen and oxygen atoms in total. The van der Waals surface area contributed by atoms with Crippen LogP contribution in [0.5, 0.6) is 0 Å². The summed E-state index contributed by atoms with van der Waals surface area (Å²) in [5, 5.41) is 15.6. The number of imidazole rings is 2. The normalized spacial score (nSPS) is 11.5. The molecule has 4 aromatic rings. The average molecular weight is 527 g/mol. The van der Waals surface area contributed by atoms with E-state index in [2.05, 4.69) is 30.6 Å². The van der Waals surface area contributed by atoms with Gasteiger partial charge in [0.1, 0.15) is 12.7 Å². The van der Waals surface area contributed by atoms with Gasteiger partial charge >= 0.3 is 11.4 Å². The van der Waals surface area contributed by atoms with Gasteiger partial charge in [-0.05, 0) is 12.8 Å². The molecule has 16 heteroatoms. The Bertz CT molecular complexity index is 1430. The largest absolute Gasteiger partial charge is 0.364 e. The Hall–Kier alpha value is -4.50. The molecule has 0 spiro atoms. The van der Waals surface area contributed by atoms with Crippen molar-refractivity contribution in [3.05, 3.63) is 45.0 Å². The second-order valence-electron chi connectivity index (χ2n) is 9.03. The Kier molecular flexibility index (Phi) is 8.50. The van der Waals surface area contributed by atoms with Crippen molar-refractivity contribution in [3.63, 3.8) is 0 Å². The maximum Gasteiger partial charge on any atom is 0.352 e. The highest BCUT2D eigenvalue weighted by Gasteiger charge is 2.16. The average Bonchev–Trinajstić information content (AvgIpc) is 3.53. The summed E-state index contributed by atoms with van der Waals surface area (Å²) in [6.07, 6.45) is 12.7. The second-order valence-corrected chi connectivity index (χ2v) is 9.03. The monoisotopic (exact) mass is 526 g/mol. The van der Waals surface area contributed by atoms with Crippen LogP contribution in [0.1, 0.15) is 85.2 Å². The molecule has 4 aromatic heterocycles. The summed E-state index contributed by atoms with van der Waals surface area (Å²) in [6.45, 7) is 0.888. The smallest absolute Gasteiger partial charge is 0.352 e. The number of hydrogen-bond donors (Lipinski definition) is 2. The van der Waals surface area contributed by atoms with Crippen molar-refractivity contribution in [1.29, 1.82) is 0 Å². The van der Waals surface area contributed by atoms with Gasteiger partial charge in [-0.25, -0.2) is 28.4 Å². The van der Waals surface area contributed by atoms with Crippen LogP contribution >= 0.6 is 0 Å². The van der Waals surface area contributed by atoms with Crippen LogP contribution in [0.15, 0.2) is 22.2 Å². The summed E-state index contributed by atoms with van der Waals surface area (Å²) in [5.74, 6) is -1.51. The first-order valence-corrected chi connectivity index (χ1v) is 12.6. The molecule has 0 aliphatic carbocycles. The minimum absolute atomic E-state index is 0.0671. The quantitative estimate of drug-likeness (QED) is 0.192. The minimum Gasteiger partial charge on any atom is -0.364 e. The fourth-order valence-corrected chi connectivity index (χ4v) is 4.24. The number of fused-ring (bicyclic) bond motifs is 2. The summed E-state index contributed by atoms with van der Waals surface area (Å²) in [4.78, 5) is 55.2. The van der Waals surface area contributed by atoms with Crippen molar-refractivity contribution in [3.8, 4) is 0 Å². The summed E-state index contributed by atoms with van der Waals surface area (Å²) in [5.41, 5.74) is 9.64. The number of carbonyl (C=O) groups is 2. The van der Waals surface area contributed by atoms with Crippen molar-refractivity contribution >= 4 is 23.1 Å². The van der Waals surface area contributed by atoms with E-state index >= 15 is 0 Å². The number of primary amides is 2. The molecule has 2 amide bonds. The van der Waals surface area contributed by atoms with E-state index in [1.54, 1.807) is 0 Å². The molecule has 0 fully saturated rings. The lowest BCUT2D eigenvalue weighted by Gasteiger charge is -2.05. The molecule has 38 heavy (non-hydrogen) atoms. The van der Waals surface area contributed by atoms with Crippen molar-refractivity contribution in [2.24, 2.45) is 11.5 Å². The fourth-order valence-electron chi connectivity index (χ4n) is 4.24. The van der Waals surface area contributed by atoms with E-state index in [0.29, 0.717) is 13.1 Å². The van der Waals surface area contributed by atoms with Crippen LogP contribution in [0.25, 0.3) is 11.3 Å². The first kappa shape index (κ1) is 26.6. The zero-order valence-electron chi connectivity index (χ0n) is 20.9. The van der Waals surface area contributed by atoms with E-state index < -0.39 is 23.2 Å². The van der Waals surface area contributed by atoms with Crippen LogP contribution in [0.3, 0.4) is 0 Å². The van der Waals surface area contributed by atoms with Crippen LogP contribution in [0.2, 0.25) is 0 Å². The molecule has 0 aromatic carbocycles. The number of aryl methyl sites for hydroxylation is 2. The number of rotatable bonds is 15. The predicted molar refractivity (Wildman–Crippen MR) is 133 cm³/mol. The molecule has 4 rings (SSSR count). The van der Waals surface area contributed by atoms with Crippen molar-refractivity contribution in [2.75, 3.05) is 0 Å². The number of aromatic nitrogens is 10. The number of nitrogens with two attached hydrogens (primary N) is 2. The molecule has 0 unspecified atom stereocenters. The van der Waals surface area contributed by atoms with Gasteiger partial charge in [-0.3, -0.25) is 9.59 Å². The molecule has 0 aliphatic rings. The van der Waals surface area contributed by atoms with Crippen LogP contribution in [0, 0.1) is 0 Å². The van der Waals surface area contributed by atoms with E-state index in [4.69, 9.17) is 11.5 Å². The second kappa shape index (κ2) is 12.2. The molecule has 0 bridgehead atoms. The van der Waals surface area contributed by atoms with Gasteiger partial charge < -0.3 is 11.5 Å². The zero-order chi connectivity index (χ0) is 27.1. The standard InChI is InChI=1S/C22H30N12O4/c23-17(35)15-19-27-29-33(21(37)31(19)13-25-15)11-9-7-5-3-1-2-4-6-8-10-12-34-22(38)32-14-26-16(18(24)36)20(32)28-30-34/h13-14H,1-12H2,(H2,23,35)(H2,24,36). The molecular formula is C22H30N12O4. The lowest BCUT2D eigenvalue weighted by atomic mass is 10.1. The van der Waals surface area contributed by atoms with Gasteiger partial charge in [0.15, 0.2) is 22.7 Å². The van der Waals surface area contributed by atoms with E-state index in [1.807, 2.05) is 0 Å². The molecule has 0 aliphatic heterocycles. The Labute approximate surface area is 215 Å². The Morgan fingerprint density at radius 2 is 0.947 bits per heavy atom. The zero-order valence-corrected chi connectivity index (χ0v) is 20.9. The molecule has 4 N–H and O–H groups in total. The van der Waals surface area contributed by atoms with Crippen LogP contribution < -0.4 is 22.8 Å². The molecule has 0 radical (unpaired) electrons. The molecule has 202 valence electrons. The number of nitrogens with zero attached hydrogens (tertiary/aromatic N) is 10. The number of carbonyl (C=O) groups excluding carboxylic acids is 2. The van der Waals surface area contributed by atoms with Crippen molar-refractivity contribution in [2.45, 2.75) is 77.3 Å². The highest BCUT2D eigenvalue weighted by atomic mass is 16.2. The number of unbranched alkanes of at least 4 members (excludes halogenated alkanes) is 9. The third-order valence-electron chi connectivity index (χ3n) is 6.29. The molecular weight excluding hydrogens is 496 g/mol. The van der Waals surface area contributed by atoms with Gasteiger partial charge in [0.25, 0.3) is 11.8 Å². The first-order valence-electron chi connectivity index (χ1n) is 12.6. The van der Waals surface area contributed by atoms with E-state index in [0.717, 1.165) is 64.2 Å². The SMILES string of the molecule is NC(=O)c1ncn2c(=O)n(CCCCCCCCCCCCn3nnc4c(C(N)=O)ncn4c3=O)nnc12. The van der Waals surface area contributed by atoms with E-state index in [1.165, 1.54) is 30.8 Å². The number of hydrogen-bond acceptors (Lipinski definition) is 10. The third kappa shape index (κ3) is 5.90. The lowest BCUT2D eigenvalue weighted by molar-refractivity contribution is 0.0989. The van der Waals surface area contributed by atoms with Crippen LogP contribution in [-0.4, -0.2) is 60.6 Å². The molecule has 4 heterocycles. The fraction of sp³-hybridized carbons (Fsp3) is 0.545. The Balaban J connectivity index is 1.06. The highest BCUT2D eigenvalue weighted by molar-refractivity contribution is 5.97. The summed E-state index contributed by atoms with van der Waals surface area (Å²) >= 11 is 0. The van der Waals surface area contributed by atoms with Crippen molar-refractivity contribution < 1.29 is 9.59 Å². The highest BCUT2D eigenvalue weighted by Crippen LogP contribution is 2.11. The van der Waals surface area contributed by atoms with Gasteiger partial charge in [0.05, 0.1) is 0 Å². The summed E-state index contributed by atoms with van der Waals surface area (Å²) in [7, 11) is 0. The summed E-state index contributed by atoms with van der Waals surface area (Å²) in [6, 6.07) is 0. The van der Waals surface area contributed by atoms with E-state index in [9.17, 15) is 19.2 Å². The topological polar surface area (TPSA) is 216 Å². The van der Waals surface area contributed by atoms with Gasteiger partial charge in [-0.1, -0.05) is 61.8 Å². The van der Waals surface area contributed by atoms with Gasteiger partial charge in [0.2, 0.25) is 0 Å². The minimum atomic E-state index is -0.753. The number of amides is 2. The molecule has 0 saturated carbocycles. The van der Waals surface area contributed by atoms with Gasteiger partial charge in [-0.15, -0.1) is 10.2 Å². The molecule has 0 atom stereocenters. The maximum atomic E-state index is 12.4. The summed E-state index contributed by atoms with van der Waals surface area (Å²) < 4.78 is 4.89. The van der Waals surface area contributed by atoms with Crippen LogP contribution in [-0.2, 0) is 13.1 Å². The molecule has 0 saturated heterocycles. The predicted octanol–water partition coefficient (Wildman–Crippen LogP) is -0.316. The van der Waals surface area contributed by atoms with Gasteiger partial charge in [-0.2, -0.15) is 9.36 Å². The lowest BCUT2D eigenvalue weighted by Crippen LogP contribution is -2.30. The van der Waals surface area contributed by atoms with E-state index in [-0.39, 0.29) is 22.7 Å². The van der Waals surface area contributed by atoms with Gasteiger partial charge in [0, 0.05) is 13.1 Å².